The van der Waals surface area contributed by atoms with E-state index in [1.165, 1.54) is 81.9 Å². The van der Waals surface area contributed by atoms with Crippen LogP contribution in [-0.2, 0) is 23.2 Å². The number of ether oxygens (including phenoxy) is 1. The minimum Gasteiger partial charge on any atom is -1.00 e. The Morgan fingerprint density at radius 3 is 2.02 bits per heavy atom. The maximum atomic E-state index is 13.1. The number of thiazole rings is 1. The van der Waals surface area contributed by atoms with E-state index in [4.69, 9.17) is 4.74 Å². The quantitative estimate of drug-likeness (QED) is 0.111. The first-order valence-electron chi connectivity index (χ1n) is 16.3. The lowest BCUT2D eigenvalue weighted by molar-refractivity contribution is -0.689. The average Bonchev–Trinajstić information content (AvgIpc) is 3.36. The first-order valence-corrected chi connectivity index (χ1v) is 17.3. The van der Waals surface area contributed by atoms with E-state index in [1.54, 1.807) is 11.3 Å². The molecule has 238 valence electrons. The van der Waals surface area contributed by atoms with Gasteiger partial charge in [-0.2, -0.15) is 4.57 Å². The first kappa shape index (κ1) is 37.0. The molecule has 0 aliphatic heterocycles. The number of benzene rings is 2. The normalized spacial score (nSPS) is 11.3. The zero-order chi connectivity index (χ0) is 30.2. The number of carbonyl (C=O) groups is 1. The first-order chi connectivity index (χ1) is 20.3. The largest absolute Gasteiger partial charge is 1.00 e. The second kappa shape index (κ2) is 20.0. The summed E-state index contributed by atoms with van der Waals surface area (Å²) in [5, 5.41) is 5.24. The highest BCUT2D eigenvalue weighted by Crippen LogP contribution is 2.35. The summed E-state index contributed by atoms with van der Waals surface area (Å²) in [6.45, 7) is 12.6. The number of nitrogens with zero attached hydrogens (tertiary/aromatic N) is 1. The van der Waals surface area contributed by atoms with Crippen LogP contribution in [-0.4, -0.2) is 12.5 Å². The molecule has 1 aromatic heterocycles. The van der Waals surface area contributed by atoms with E-state index in [0.717, 1.165) is 35.5 Å². The molecule has 6 heteroatoms. The molecule has 0 unspecified atom stereocenters. The van der Waals surface area contributed by atoms with Crippen molar-refractivity contribution in [1.82, 2.24) is 0 Å². The van der Waals surface area contributed by atoms with Gasteiger partial charge in [0.15, 0.2) is 12.2 Å². The van der Waals surface area contributed by atoms with Crippen LogP contribution in [0.15, 0.2) is 53.4 Å². The Morgan fingerprint density at radius 1 is 0.860 bits per heavy atom. The predicted octanol–water partition coefficient (Wildman–Crippen LogP) is 6.95. The van der Waals surface area contributed by atoms with Gasteiger partial charge in [-0.15, -0.1) is 0 Å². The van der Waals surface area contributed by atoms with Gasteiger partial charge in [0.05, 0.1) is 18.4 Å². The topological polar surface area (TPSA) is 42.2 Å². The van der Waals surface area contributed by atoms with Crippen LogP contribution in [0.5, 0.6) is 5.75 Å². The number of aryl methyl sites for hydroxylation is 1. The second-order valence-corrected chi connectivity index (χ2v) is 13.6. The summed E-state index contributed by atoms with van der Waals surface area (Å²) in [6, 6.07) is 14.4. The van der Waals surface area contributed by atoms with E-state index in [-0.39, 0.29) is 28.3 Å². The number of hydrogen-bond donors (Lipinski definition) is 1. The van der Waals surface area contributed by atoms with Crippen molar-refractivity contribution < 1.29 is 31.1 Å². The van der Waals surface area contributed by atoms with Crippen LogP contribution in [0.3, 0.4) is 0 Å². The van der Waals surface area contributed by atoms with Crippen molar-refractivity contribution in [2.24, 2.45) is 0 Å². The Labute approximate surface area is 276 Å². The molecule has 0 saturated carbocycles. The number of halogens is 1. The number of anilines is 1. The van der Waals surface area contributed by atoms with E-state index < -0.39 is 0 Å². The van der Waals surface area contributed by atoms with Gasteiger partial charge in [-0.1, -0.05) is 140 Å². The molecule has 0 atom stereocenters. The molecule has 3 rings (SSSR count). The number of carbonyl (C=O) groups excluding carboxylic acids is 1. The molecule has 0 aliphatic rings. The third-order valence-electron chi connectivity index (χ3n) is 7.97. The van der Waals surface area contributed by atoms with E-state index in [9.17, 15) is 4.79 Å². The highest BCUT2D eigenvalue weighted by Gasteiger charge is 2.22. The summed E-state index contributed by atoms with van der Waals surface area (Å²) in [7, 11) is 0. The van der Waals surface area contributed by atoms with E-state index in [1.807, 2.05) is 18.2 Å². The van der Waals surface area contributed by atoms with Gasteiger partial charge < -0.3 is 27.0 Å². The summed E-state index contributed by atoms with van der Waals surface area (Å²) >= 11 is 1.71. The molecule has 1 N–H and O–H groups in total. The van der Waals surface area contributed by atoms with Crippen LogP contribution in [0.25, 0.3) is 0 Å². The number of nitrogens with one attached hydrogen (secondary N) is 1. The van der Waals surface area contributed by atoms with Crippen molar-refractivity contribution >= 4 is 22.9 Å². The summed E-state index contributed by atoms with van der Waals surface area (Å²) < 4.78 is 8.67. The lowest BCUT2D eigenvalue weighted by atomic mass is 9.84. The van der Waals surface area contributed by atoms with Crippen molar-refractivity contribution in [2.45, 2.75) is 130 Å². The van der Waals surface area contributed by atoms with Crippen molar-refractivity contribution in [1.29, 1.82) is 0 Å². The van der Waals surface area contributed by atoms with Crippen LogP contribution in [0.2, 0.25) is 0 Å². The standard InChI is InChI=1S/C37H54N2O2S.BrH/c1-6-7-8-9-10-11-12-13-14-15-16-17-25-41-36-32(19-18-20-34(36)37(3,4)5)26-35(40)38-33-23-21-31(22-24-33)27-39-29-42-28-30(39)2;/h18-24,28-29H,6-17,25-27H2,1-5H3;1H. The van der Waals surface area contributed by atoms with Crippen molar-refractivity contribution in [3.8, 4) is 5.75 Å². The Kier molecular flexibility index (Phi) is 17.2. The molecule has 1 amide bonds. The van der Waals surface area contributed by atoms with Crippen LogP contribution in [0, 0.1) is 6.92 Å². The number of amides is 1. The highest BCUT2D eigenvalue weighted by atomic mass is 79.9. The van der Waals surface area contributed by atoms with E-state index >= 15 is 0 Å². The van der Waals surface area contributed by atoms with Gasteiger partial charge in [-0.25, -0.2) is 0 Å². The fraction of sp³-hybridized carbons (Fsp3) is 0.568. The van der Waals surface area contributed by atoms with Crippen molar-refractivity contribution in [3.63, 3.8) is 0 Å². The molecule has 0 saturated heterocycles. The molecule has 43 heavy (non-hydrogen) atoms. The van der Waals surface area contributed by atoms with Gasteiger partial charge in [-0.05, 0) is 29.5 Å². The fourth-order valence-corrected chi connectivity index (χ4v) is 6.17. The third-order valence-corrected chi connectivity index (χ3v) is 8.82. The third kappa shape index (κ3) is 13.6. The molecular formula is C37H55BrN2O2S. The van der Waals surface area contributed by atoms with Gasteiger partial charge in [0, 0.05) is 23.7 Å². The van der Waals surface area contributed by atoms with Gasteiger partial charge in [0.25, 0.3) is 0 Å². The summed E-state index contributed by atoms with van der Waals surface area (Å²) in [6.07, 6.45) is 16.2. The molecule has 0 fully saturated rings. The predicted molar refractivity (Wildman–Crippen MR) is 179 cm³/mol. The number of unbranched alkanes of at least 4 members (excludes halogenated alkanes) is 11. The van der Waals surface area contributed by atoms with E-state index in [0.29, 0.717) is 13.0 Å². The molecule has 0 aliphatic carbocycles. The van der Waals surface area contributed by atoms with Gasteiger partial charge in [0.2, 0.25) is 11.4 Å². The SMILES string of the molecule is CCCCCCCCCCCCCCOc1c(CC(=O)Nc2ccc(C[n+]3cscc3C)cc2)cccc1C(C)(C)C.[Br-]. The Balaban J connectivity index is 0.00000645. The Hall–Kier alpha value is -2.18. The Morgan fingerprint density at radius 2 is 1.47 bits per heavy atom. The van der Waals surface area contributed by atoms with Crippen molar-refractivity contribution in [3.05, 3.63) is 75.7 Å². The van der Waals surface area contributed by atoms with Crippen molar-refractivity contribution in [2.75, 3.05) is 11.9 Å². The molecule has 1 heterocycles. The molecule has 0 radical (unpaired) electrons. The highest BCUT2D eigenvalue weighted by molar-refractivity contribution is 7.07. The maximum absolute atomic E-state index is 13.1. The van der Waals surface area contributed by atoms with E-state index in [2.05, 4.69) is 79.7 Å². The fourth-order valence-electron chi connectivity index (χ4n) is 5.39. The minimum absolute atomic E-state index is 0. The molecule has 0 spiro atoms. The molecular weight excluding hydrogens is 616 g/mol. The zero-order valence-corrected chi connectivity index (χ0v) is 29.8. The van der Waals surface area contributed by atoms with Gasteiger partial charge >= 0.3 is 0 Å². The monoisotopic (exact) mass is 670 g/mol. The summed E-state index contributed by atoms with van der Waals surface area (Å²) in [4.78, 5) is 13.1. The van der Waals surface area contributed by atoms with Gasteiger partial charge in [0.1, 0.15) is 5.75 Å². The second-order valence-electron chi connectivity index (χ2n) is 12.8. The van der Waals surface area contributed by atoms with Crippen LogP contribution in [0.1, 0.15) is 127 Å². The average molecular weight is 672 g/mol. The molecule has 0 bridgehead atoms. The molecule has 2 aromatic carbocycles. The Bertz CT molecular complexity index is 1200. The van der Waals surface area contributed by atoms with Gasteiger partial charge in [-0.3, -0.25) is 4.79 Å². The summed E-state index contributed by atoms with van der Waals surface area (Å²) in [5.41, 5.74) is 7.48. The van der Waals surface area contributed by atoms with Crippen LogP contribution >= 0.6 is 11.3 Å². The molecule has 4 nitrogen and oxygen atoms in total. The van der Waals surface area contributed by atoms with Crippen LogP contribution < -0.4 is 31.6 Å². The number of rotatable bonds is 19. The maximum Gasteiger partial charge on any atom is 0.228 e. The lowest BCUT2D eigenvalue weighted by Crippen LogP contribution is -3.00. The number of para-hydroxylation sites is 1. The smallest absolute Gasteiger partial charge is 0.228 e. The number of aromatic nitrogens is 1. The zero-order valence-electron chi connectivity index (χ0n) is 27.4. The minimum atomic E-state index is -0.0625. The lowest BCUT2D eigenvalue weighted by Gasteiger charge is -2.25. The number of hydrogen-bond acceptors (Lipinski definition) is 3. The summed E-state index contributed by atoms with van der Waals surface area (Å²) in [5.74, 6) is 0.869. The van der Waals surface area contributed by atoms with Crippen LogP contribution in [0.4, 0.5) is 5.69 Å². The molecule has 3 aromatic rings.